The number of unbranched alkanes of at least 4 members (excludes halogenated alkanes) is 1. The second-order valence-corrected chi connectivity index (χ2v) is 5.40. The molecule has 0 aromatic carbocycles. The third-order valence-electron chi connectivity index (χ3n) is 2.61. The number of hydrogen-bond donors (Lipinski definition) is 2. The zero-order valence-electron chi connectivity index (χ0n) is 13.8. The molecule has 0 aliphatic carbocycles. The Balaban J connectivity index is 2.56. The molecule has 0 atom stereocenters. The molecule has 1 heterocycles. The van der Waals surface area contributed by atoms with Gasteiger partial charge in [-0.25, -0.2) is 0 Å². The van der Waals surface area contributed by atoms with Crippen LogP contribution >= 0.6 is 0 Å². The van der Waals surface area contributed by atoms with Gasteiger partial charge in [0.2, 0.25) is 11.9 Å². The van der Waals surface area contributed by atoms with Gasteiger partial charge in [-0.1, -0.05) is 0 Å². The second kappa shape index (κ2) is 9.33. The van der Waals surface area contributed by atoms with E-state index < -0.39 is 0 Å². The molecule has 21 heavy (non-hydrogen) atoms. The number of aromatic nitrogens is 3. The molecule has 2 N–H and O–H groups in total. The van der Waals surface area contributed by atoms with Crippen molar-refractivity contribution in [2.45, 2.75) is 39.7 Å². The van der Waals surface area contributed by atoms with Crippen LogP contribution in [0.5, 0.6) is 6.01 Å². The van der Waals surface area contributed by atoms with Crippen molar-refractivity contribution in [3.05, 3.63) is 0 Å². The van der Waals surface area contributed by atoms with Gasteiger partial charge in [-0.05, 0) is 54.3 Å². The Morgan fingerprint density at radius 3 is 2.29 bits per heavy atom. The summed E-state index contributed by atoms with van der Waals surface area (Å²) in [5.74, 6) is 1.10. The molecular formula is C14H28N6O. The van der Waals surface area contributed by atoms with Crippen LogP contribution in [0.4, 0.5) is 11.9 Å². The maximum absolute atomic E-state index is 5.55. The van der Waals surface area contributed by atoms with Crippen LogP contribution in [0, 0.1) is 0 Å². The van der Waals surface area contributed by atoms with Gasteiger partial charge < -0.3 is 20.3 Å². The van der Waals surface area contributed by atoms with Crippen molar-refractivity contribution in [1.82, 2.24) is 19.9 Å². The first-order valence-corrected chi connectivity index (χ1v) is 7.56. The maximum Gasteiger partial charge on any atom is 0.323 e. The summed E-state index contributed by atoms with van der Waals surface area (Å²) in [6.07, 6.45) is 2.25. The molecule has 0 saturated heterocycles. The molecular weight excluding hydrogens is 268 g/mol. The minimum absolute atomic E-state index is 0.0369. The Morgan fingerprint density at radius 2 is 1.71 bits per heavy atom. The topological polar surface area (TPSA) is 75.2 Å². The normalized spacial score (nSPS) is 11.0. The molecule has 0 bridgehead atoms. The van der Waals surface area contributed by atoms with E-state index in [1.807, 2.05) is 20.8 Å². The quantitative estimate of drug-likeness (QED) is 0.638. The molecule has 1 aromatic heterocycles. The Labute approximate surface area is 127 Å². The third kappa shape index (κ3) is 7.65. The van der Waals surface area contributed by atoms with Crippen molar-refractivity contribution in [1.29, 1.82) is 0 Å². The lowest BCUT2D eigenvalue weighted by molar-refractivity contribution is 0.222. The lowest BCUT2D eigenvalue weighted by Crippen LogP contribution is -2.16. The van der Waals surface area contributed by atoms with Gasteiger partial charge in [-0.3, -0.25) is 0 Å². The van der Waals surface area contributed by atoms with Crippen molar-refractivity contribution < 1.29 is 4.74 Å². The summed E-state index contributed by atoms with van der Waals surface area (Å²) < 4.78 is 5.55. The highest BCUT2D eigenvalue weighted by atomic mass is 16.5. The summed E-state index contributed by atoms with van der Waals surface area (Å²) in [4.78, 5) is 15.0. The maximum atomic E-state index is 5.55. The van der Waals surface area contributed by atoms with Crippen LogP contribution < -0.4 is 15.4 Å². The van der Waals surface area contributed by atoms with E-state index in [4.69, 9.17) is 4.74 Å². The van der Waals surface area contributed by atoms with E-state index in [1.165, 1.54) is 0 Å². The molecule has 0 fully saturated rings. The summed E-state index contributed by atoms with van der Waals surface area (Å²) in [5.41, 5.74) is 0. The standard InChI is InChI=1S/C14H28N6O/c1-6-15-12-17-13(16-9-7-8-10-20(4)5)19-14(18-12)21-11(2)3/h11H,6-10H2,1-5H3,(H2,15,16,17,18,19). The smallest absolute Gasteiger partial charge is 0.323 e. The van der Waals surface area contributed by atoms with Crippen molar-refractivity contribution in [3.63, 3.8) is 0 Å². The average molecular weight is 296 g/mol. The van der Waals surface area contributed by atoms with Crippen LogP contribution in [0.2, 0.25) is 0 Å². The summed E-state index contributed by atoms with van der Waals surface area (Å²) in [5, 5.41) is 6.32. The molecule has 0 spiro atoms. The van der Waals surface area contributed by atoms with Gasteiger partial charge in [0, 0.05) is 13.1 Å². The highest BCUT2D eigenvalue weighted by Gasteiger charge is 2.08. The molecule has 1 aromatic rings. The van der Waals surface area contributed by atoms with Gasteiger partial charge in [0.05, 0.1) is 6.10 Å². The lowest BCUT2D eigenvalue weighted by atomic mass is 10.3. The number of anilines is 2. The van der Waals surface area contributed by atoms with E-state index in [0.717, 1.165) is 32.5 Å². The minimum atomic E-state index is 0.0369. The fourth-order valence-corrected chi connectivity index (χ4v) is 1.69. The van der Waals surface area contributed by atoms with Gasteiger partial charge in [-0.15, -0.1) is 0 Å². The number of hydrogen-bond acceptors (Lipinski definition) is 7. The van der Waals surface area contributed by atoms with Crippen molar-refractivity contribution in [2.24, 2.45) is 0 Å². The summed E-state index contributed by atoms with van der Waals surface area (Å²) in [6, 6.07) is 0.353. The molecule has 0 aliphatic rings. The van der Waals surface area contributed by atoms with Gasteiger partial charge in [0.1, 0.15) is 0 Å². The largest absolute Gasteiger partial charge is 0.461 e. The molecule has 0 aliphatic heterocycles. The van der Waals surface area contributed by atoms with E-state index in [2.05, 4.69) is 44.6 Å². The van der Waals surface area contributed by atoms with Crippen molar-refractivity contribution >= 4 is 11.9 Å². The Kier molecular flexibility index (Phi) is 7.74. The van der Waals surface area contributed by atoms with Gasteiger partial charge in [0.15, 0.2) is 0 Å². The zero-order chi connectivity index (χ0) is 15.7. The fraction of sp³-hybridized carbons (Fsp3) is 0.786. The van der Waals surface area contributed by atoms with Crippen molar-refractivity contribution in [3.8, 4) is 6.01 Å². The zero-order valence-corrected chi connectivity index (χ0v) is 13.8. The second-order valence-electron chi connectivity index (χ2n) is 5.40. The predicted molar refractivity (Wildman–Crippen MR) is 86.0 cm³/mol. The van der Waals surface area contributed by atoms with Crippen LogP contribution in [-0.2, 0) is 0 Å². The van der Waals surface area contributed by atoms with Crippen LogP contribution in [0.25, 0.3) is 0 Å². The summed E-state index contributed by atoms with van der Waals surface area (Å²) in [7, 11) is 4.16. The van der Waals surface area contributed by atoms with E-state index in [0.29, 0.717) is 17.9 Å². The first-order chi connectivity index (χ1) is 10.0. The monoisotopic (exact) mass is 296 g/mol. The molecule has 0 saturated carbocycles. The lowest BCUT2D eigenvalue weighted by Gasteiger charge is -2.12. The molecule has 0 amide bonds. The molecule has 7 heteroatoms. The number of rotatable bonds is 10. The number of nitrogens with zero attached hydrogens (tertiary/aromatic N) is 4. The highest BCUT2D eigenvalue weighted by Crippen LogP contribution is 2.12. The Hall–Kier alpha value is -1.63. The molecule has 0 unspecified atom stereocenters. The van der Waals surface area contributed by atoms with E-state index in [9.17, 15) is 0 Å². The van der Waals surface area contributed by atoms with Crippen molar-refractivity contribution in [2.75, 3.05) is 44.4 Å². The summed E-state index contributed by atoms with van der Waals surface area (Å²) >= 11 is 0. The van der Waals surface area contributed by atoms with E-state index in [-0.39, 0.29) is 6.10 Å². The van der Waals surface area contributed by atoms with Crippen LogP contribution in [0.3, 0.4) is 0 Å². The van der Waals surface area contributed by atoms with E-state index >= 15 is 0 Å². The fourth-order valence-electron chi connectivity index (χ4n) is 1.69. The number of ether oxygens (including phenoxy) is 1. The Morgan fingerprint density at radius 1 is 1.05 bits per heavy atom. The Bertz CT molecular complexity index is 410. The van der Waals surface area contributed by atoms with Gasteiger partial charge in [0.25, 0.3) is 0 Å². The first-order valence-electron chi connectivity index (χ1n) is 7.56. The third-order valence-corrected chi connectivity index (χ3v) is 2.61. The number of nitrogens with one attached hydrogen (secondary N) is 2. The molecule has 0 radical (unpaired) electrons. The van der Waals surface area contributed by atoms with Gasteiger partial charge in [-0.2, -0.15) is 15.0 Å². The highest BCUT2D eigenvalue weighted by molar-refractivity contribution is 5.35. The minimum Gasteiger partial charge on any atom is -0.461 e. The van der Waals surface area contributed by atoms with Gasteiger partial charge >= 0.3 is 6.01 Å². The van der Waals surface area contributed by atoms with E-state index in [1.54, 1.807) is 0 Å². The predicted octanol–water partition coefficient (Wildman–Crippen LogP) is 1.84. The molecule has 1 rings (SSSR count). The molecule has 120 valence electrons. The summed E-state index contributed by atoms with van der Waals surface area (Å²) in [6.45, 7) is 8.58. The van der Waals surface area contributed by atoms with Crippen LogP contribution in [0.1, 0.15) is 33.6 Å². The van der Waals surface area contributed by atoms with Crippen LogP contribution in [-0.4, -0.2) is 59.7 Å². The first kappa shape index (κ1) is 17.4. The molecule has 7 nitrogen and oxygen atoms in total. The van der Waals surface area contributed by atoms with Crippen LogP contribution in [0.15, 0.2) is 0 Å². The average Bonchev–Trinajstić information content (AvgIpc) is 2.37. The SMILES string of the molecule is CCNc1nc(NCCCCN(C)C)nc(OC(C)C)n1.